The molecule has 1 heterocycles. The van der Waals surface area contributed by atoms with Crippen molar-refractivity contribution < 1.29 is 27.9 Å². The number of ether oxygens (including phenoxy) is 1. The Bertz CT molecular complexity index is 1010. The summed E-state index contributed by atoms with van der Waals surface area (Å²) in [6, 6.07) is 8.62. The molecule has 0 aliphatic rings. The van der Waals surface area contributed by atoms with E-state index >= 15 is 0 Å². The monoisotopic (exact) mass is 383 g/mol. The van der Waals surface area contributed by atoms with Crippen molar-refractivity contribution in [1.29, 1.82) is 0 Å². The van der Waals surface area contributed by atoms with Gasteiger partial charge in [-0.3, -0.25) is 0 Å². The SMILES string of the molecule is COC(=O)c1c(C)c2c(C(F)(F)F)cc(-c3ccc(Cl)cc3)cc2n1O. The average molecular weight is 384 g/mol. The van der Waals surface area contributed by atoms with Gasteiger partial charge in [0.2, 0.25) is 0 Å². The summed E-state index contributed by atoms with van der Waals surface area (Å²) in [5, 5.41) is 10.5. The van der Waals surface area contributed by atoms with Crippen LogP contribution in [0.25, 0.3) is 22.0 Å². The van der Waals surface area contributed by atoms with E-state index in [1.807, 2.05) is 0 Å². The van der Waals surface area contributed by atoms with Gasteiger partial charge in [0.05, 0.1) is 18.2 Å². The van der Waals surface area contributed by atoms with E-state index in [1.165, 1.54) is 13.0 Å². The number of hydrogen-bond donors (Lipinski definition) is 1. The Balaban J connectivity index is 2.40. The van der Waals surface area contributed by atoms with Crippen molar-refractivity contribution in [2.45, 2.75) is 13.1 Å². The Labute approximate surface area is 151 Å². The Morgan fingerprint density at radius 3 is 2.31 bits per heavy atom. The third kappa shape index (κ3) is 2.88. The first-order chi connectivity index (χ1) is 12.1. The number of nitrogens with zero attached hydrogens (tertiary/aromatic N) is 1. The van der Waals surface area contributed by atoms with E-state index in [0.717, 1.165) is 13.2 Å². The largest absolute Gasteiger partial charge is 0.464 e. The van der Waals surface area contributed by atoms with Crippen molar-refractivity contribution in [3.8, 4) is 11.1 Å². The first kappa shape index (κ1) is 18.1. The van der Waals surface area contributed by atoms with Crippen LogP contribution in [-0.2, 0) is 10.9 Å². The van der Waals surface area contributed by atoms with Crippen LogP contribution < -0.4 is 0 Å². The molecule has 8 heteroatoms. The number of halogens is 4. The zero-order chi connectivity index (χ0) is 19.2. The van der Waals surface area contributed by atoms with Gasteiger partial charge in [0.15, 0.2) is 5.69 Å². The lowest BCUT2D eigenvalue weighted by atomic mass is 9.98. The van der Waals surface area contributed by atoms with Gasteiger partial charge in [0.1, 0.15) is 0 Å². The second kappa shape index (κ2) is 6.25. The number of hydrogen-bond acceptors (Lipinski definition) is 3. The van der Waals surface area contributed by atoms with Gasteiger partial charge in [0.25, 0.3) is 0 Å². The molecule has 0 atom stereocenters. The quantitative estimate of drug-likeness (QED) is 0.481. The number of methoxy groups -OCH3 is 1. The molecule has 26 heavy (non-hydrogen) atoms. The van der Waals surface area contributed by atoms with Crippen LogP contribution in [0.15, 0.2) is 36.4 Å². The topological polar surface area (TPSA) is 51.5 Å². The third-order valence-corrected chi connectivity index (χ3v) is 4.40. The van der Waals surface area contributed by atoms with Gasteiger partial charge in [-0.1, -0.05) is 23.7 Å². The molecule has 0 spiro atoms. The molecule has 0 amide bonds. The Morgan fingerprint density at radius 1 is 1.15 bits per heavy atom. The second-order valence-electron chi connectivity index (χ2n) is 5.70. The molecule has 0 aliphatic heterocycles. The highest BCUT2D eigenvalue weighted by molar-refractivity contribution is 6.30. The smallest absolute Gasteiger partial charge is 0.417 e. The summed E-state index contributed by atoms with van der Waals surface area (Å²) in [7, 11) is 1.09. The fourth-order valence-electron chi connectivity index (χ4n) is 2.95. The Hall–Kier alpha value is -2.67. The second-order valence-corrected chi connectivity index (χ2v) is 6.14. The molecule has 0 aliphatic carbocycles. The molecule has 0 radical (unpaired) electrons. The number of alkyl halides is 3. The van der Waals surface area contributed by atoms with Crippen LogP contribution in [0.5, 0.6) is 0 Å². The zero-order valence-corrected chi connectivity index (χ0v) is 14.4. The number of rotatable bonds is 2. The molecule has 3 rings (SSSR count). The predicted octanol–water partition coefficient (Wildman–Crippen LogP) is 5.31. The highest BCUT2D eigenvalue weighted by Crippen LogP contribution is 2.41. The molecule has 0 bridgehead atoms. The fourth-order valence-corrected chi connectivity index (χ4v) is 3.08. The molecule has 1 N–H and O–H groups in total. The lowest BCUT2D eigenvalue weighted by molar-refractivity contribution is -0.136. The van der Waals surface area contributed by atoms with Crippen molar-refractivity contribution in [3.05, 3.63) is 58.2 Å². The maximum Gasteiger partial charge on any atom is 0.417 e. The van der Waals surface area contributed by atoms with Crippen LogP contribution in [0, 0.1) is 6.92 Å². The predicted molar refractivity (Wildman–Crippen MR) is 90.6 cm³/mol. The average Bonchev–Trinajstić information content (AvgIpc) is 2.84. The number of fused-ring (bicyclic) bond motifs is 1. The minimum Gasteiger partial charge on any atom is -0.464 e. The minimum atomic E-state index is -4.68. The summed E-state index contributed by atoms with van der Waals surface area (Å²) >= 11 is 5.82. The Morgan fingerprint density at radius 2 is 1.77 bits per heavy atom. The first-order valence-electron chi connectivity index (χ1n) is 7.45. The summed E-state index contributed by atoms with van der Waals surface area (Å²) < 4.78 is 46.0. The van der Waals surface area contributed by atoms with Gasteiger partial charge >= 0.3 is 12.1 Å². The van der Waals surface area contributed by atoms with E-state index in [4.69, 9.17) is 11.6 Å². The van der Waals surface area contributed by atoms with Crippen molar-refractivity contribution in [2.75, 3.05) is 7.11 Å². The van der Waals surface area contributed by atoms with E-state index in [0.29, 0.717) is 15.3 Å². The highest BCUT2D eigenvalue weighted by Gasteiger charge is 2.36. The van der Waals surface area contributed by atoms with Crippen molar-refractivity contribution in [2.24, 2.45) is 0 Å². The van der Waals surface area contributed by atoms with Crippen LogP contribution in [-0.4, -0.2) is 23.0 Å². The van der Waals surface area contributed by atoms with E-state index < -0.39 is 17.7 Å². The van der Waals surface area contributed by atoms with E-state index in [1.54, 1.807) is 24.3 Å². The summed E-state index contributed by atoms with van der Waals surface area (Å²) in [6.45, 7) is 1.33. The van der Waals surface area contributed by atoms with Crippen LogP contribution in [0.3, 0.4) is 0 Å². The lowest BCUT2D eigenvalue weighted by Gasteiger charge is -2.12. The molecule has 1 aromatic heterocycles. The van der Waals surface area contributed by atoms with E-state index in [2.05, 4.69) is 4.74 Å². The molecule has 0 saturated heterocycles. The minimum absolute atomic E-state index is 0.00988. The standard InChI is InChI=1S/C18H13ClF3NO3/c1-9-15-13(18(20,21)22)7-11(10-3-5-12(19)6-4-10)8-14(15)23(25)16(9)17(24)26-2/h3-8,25H,1-2H3. The van der Waals surface area contributed by atoms with Crippen molar-refractivity contribution >= 4 is 28.5 Å². The number of carbonyl (C=O) groups excluding carboxylic acids is 1. The number of aryl methyl sites for hydroxylation is 1. The number of benzene rings is 2. The maximum atomic E-state index is 13.7. The highest BCUT2D eigenvalue weighted by atomic mass is 35.5. The fraction of sp³-hybridized carbons (Fsp3) is 0.167. The third-order valence-electron chi connectivity index (χ3n) is 4.15. The van der Waals surface area contributed by atoms with Gasteiger partial charge in [-0.15, -0.1) is 0 Å². The van der Waals surface area contributed by atoms with Crippen LogP contribution in [0.1, 0.15) is 21.6 Å². The number of aromatic nitrogens is 1. The van der Waals surface area contributed by atoms with Gasteiger partial charge in [-0.25, -0.2) is 4.79 Å². The zero-order valence-electron chi connectivity index (χ0n) is 13.7. The molecule has 2 aromatic carbocycles. The summed E-state index contributed by atoms with van der Waals surface area (Å²) in [5.74, 6) is -0.928. The molecule has 4 nitrogen and oxygen atoms in total. The Kier molecular flexibility index (Phi) is 4.36. The number of carbonyl (C=O) groups is 1. The van der Waals surface area contributed by atoms with Crippen LogP contribution in [0.4, 0.5) is 13.2 Å². The molecular formula is C18H13ClF3NO3. The molecule has 0 saturated carbocycles. The van der Waals surface area contributed by atoms with E-state index in [-0.39, 0.29) is 27.7 Å². The summed E-state index contributed by atoms with van der Waals surface area (Å²) in [5.41, 5.74) is -0.727. The van der Waals surface area contributed by atoms with Crippen LogP contribution >= 0.6 is 11.6 Å². The lowest BCUT2D eigenvalue weighted by Crippen LogP contribution is -2.09. The first-order valence-corrected chi connectivity index (χ1v) is 7.82. The summed E-state index contributed by atoms with van der Waals surface area (Å²) in [4.78, 5) is 11.9. The van der Waals surface area contributed by atoms with Gasteiger partial charge in [-0.05, 0) is 47.9 Å². The van der Waals surface area contributed by atoms with Crippen LogP contribution in [0.2, 0.25) is 5.02 Å². The number of esters is 1. The van der Waals surface area contributed by atoms with E-state index in [9.17, 15) is 23.2 Å². The van der Waals surface area contributed by atoms with Gasteiger partial charge in [-0.2, -0.15) is 17.9 Å². The van der Waals surface area contributed by atoms with Crippen molar-refractivity contribution in [3.63, 3.8) is 0 Å². The molecule has 3 aromatic rings. The molecule has 136 valence electrons. The summed E-state index contributed by atoms with van der Waals surface area (Å²) in [6.07, 6.45) is -4.68. The maximum absolute atomic E-state index is 13.7. The molecule has 0 unspecified atom stereocenters. The molecular weight excluding hydrogens is 371 g/mol. The van der Waals surface area contributed by atoms with Gasteiger partial charge < -0.3 is 9.94 Å². The normalized spacial score (nSPS) is 11.8. The van der Waals surface area contributed by atoms with Crippen molar-refractivity contribution in [1.82, 2.24) is 4.73 Å². The molecule has 0 fully saturated rings. The van der Waals surface area contributed by atoms with Gasteiger partial charge in [0, 0.05) is 10.4 Å².